The lowest BCUT2D eigenvalue weighted by molar-refractivity contribution is -0.137. The number of hydrogen-bond acceptors (Lipinski definition) is 6. The highest BCUT2D eigenvalue weighted by Crippen LogP contribution is 2.59. The second kappa shape index (κ2) is 15.6. The Morgan fingerprint density at radius 2 is 1.84 bits per heavy atom. The summed E-state index contributed by atoms with van der Waals surface area (Å²) in [5.41, 5.74) is -0.0795. The van der Waals surface area contributed by atoms with Crippen LogP contribution in [0.2, 0.25) is 5.02 Å². The predicted molar refractivity (Wildman–Crippen MR) is 190 cm³/mol. The van der Waals surface area contributed by atoms with Crippen molar-refractivity contribution < 1.29 is 42.1 Å². The minimum absolute atomic E-state index is 0.00658. The van der Waals surface area contributed by atoms with Crippen molar-refractivity contribution in [2.45, 2.75) is 103 Å². The fraction of sp³-hybridized carbons (Fsp3) is 0.500. The molecule has 3 aliphatic rings. The van der Waals surface area contributed by atoms with Gasteiger partial charge in [0.15, 0.2) is 5.76 Å². The zero-order chi connectivity index (χ0) is 37.1. The van der Waals surface area contributed by atoms with Crippen LogP contribution in [0.25, 0.3) is 11.3 Å². The summed E-state index contributed by atoms with van der Waals surface area (Å²) in [7, 11) is 0. The zero-order valence-corrected chi connectivity index (χ0v) is 30.4. The summed E-state index contributed by atoms with van der Waals surface area (Å²) >= 11 is 6.29. The van der Waals surface area contributed by atoms with Crippen molar-refractivity contribution in [1.29, 1.82) is 0 Å². The van der Waals surface area contributed by atoms with E-state index in [0.717, 1.165) is 29.3 Å². The fourth-order valence-corrected chi connectivity index (χ4v) is 8.07. The maximum Gasteiger partial charge on any atom is 0.416 e. The van der Waals surface area contributed by atoms with E-state index in [4.69, 9.17) is 20.8 Å². The Morgan fingerprint density at radius 3 is 2.55 bits per heavy atom. The van der Waals surface area contributed by atoms with E-state index in [-0.39, 0.29) is 41.2 Å². The van der Waals surface area contributed by atoms with Crippen molar-refractivity contribution in [3.05, 3.63) is 93.2 Å². The molecule has 1 saturated carbocycles. The normalized spacial score (nSPS) is 24.1. The monoisotopic (exact) mass is 729 g/mol. The minimum Gasteiger partial charge on any atom is -0.453 e. The number of amides is 1. The first-order valence-corrected chi connectivity index (χ1v) is 18.1. The molecule has 51 heavy (non-hydrogen) atoms. The Labute approximate surface area is 302 Å². The molecule has 11 heteroatoms. The standard InChI is InChI=1S/C40H47ClF3NO6/c1-5-20-45(37(48)50-6-2)24-39(49)19-17-32-29-13-10-26(21-28(46)12-9-25(3)8-7-18-38(32,39)4)22-30(29)36(47)35-16-15-34(51-35)31-23-27(40(42,43)44)11-14-33(31)41/h8,10-11,13-16,22-23,28,32,46,49H,5-7,9,12,17-21,24H2,1-4H3. The van der Waals surface area contributed by atoms with E-state index in [0.29, 0.717) is 69.0 Å². The van der Waals surface area contributed by atoms with Crippen LogP contribution in [-0.4, -0.2) is 58.4 Å². The summed E-state index contributed by atoms with van der Waals surface area (Å²) < 4.78 is 51.9. The summed E-state index contributed by atoms with van der Waals surface area (Å²) in [5, 5.41) is 23.6. The fourth-order valence-electron chi connectivity index (χ4n) is 7.86. The summed E-state index contributed by atoms with van der Waals surface area (Å²) in [6.07, 6.45) is 0.753. The highest BCUT2D eigenvalue weighted by atomic mass is 35.5. The molecule has 2 N–H and O–H groups in total. The van der Waals surface area contributed by atoms with E-state index in [1.807, 2.05) is 32.9 Å². The molecule has 4 atom stereocenters. The molecule has 0 aliphatic heterocycles. The van der Waals surface area contributed by atoms with Gasteiger partial charge in [0.2, 0.25) is 5.78 Å². The quantitative estimate of drug-likeness (QED) is 0.177. The van der Waals surface area contributed by atoms with Gasteiger partial charge in [-0.3, -0.25) is 4.79 Å². The van der Waals surface area contributed by atoms with Gasteiger partial charge in [0, 0.05) is 23.1 Å². The lowest BCUT2D eigenvalue weighted by Gasteiger charge is -2.46. The number of furan rings is 1. The van der Waals surface area contributed by atoms with Crippen LogP contribution in [0.3, 0.4) is 0 Å². The van der Waals surface area contributed by atoms with E-state index in [1.165, 1.54) is 12.1 Å². The molecule has 0 saturated heterocycles. The minimum atomic E-state index is -4.60. The van der Waals surface area contributed by atoms with Gasteiger partial charge in [-0.1, -0.05) is 49.2 Å². The number of aliphatic hydroxyl groups excluding tert-OH is 1. The Morgan fingerprint density at radius 1 is 1.08 bits per heavy atom. The van der Waals surface area contributed by atoms with Gasteiger partial charge in [0.05, 0.1) is 35.4 Å². The van der Waals surface area contributed by atoms with Crippen molar-refractivity contribution in [2.24, 2.45) is 5.41 Å². The van der Waals surface area contributed by atoms with E-state index in [9.17, 15) is 33.0 Å². The van der Waals surface area contributed by atoms with Gasteiger partial charge in [-0.25, -0.2) is 4.79 Å². The number of carbonyl (C=O) groups is 2. The van der Waals surface area contributed by atoms with Crippen LogP contribution >= 0.6 is 11.6 Å². The number of ether oxygens (including phenoxy) is 1. The van der Waals surface area contributed by atoms with Gasteiger partial charge >= 0.3 is 12.3 Å². The predicted octanol–water partition coefficient (Wildman–Crippen LogP) is 9.76. The van der Waals surface area contributed by atoms with Crippen LogP contribution in [0.4, 0.5) is 18.0 Å². The average Bonchev–Trinajstić information content (AvgIpc) is 3.66. The highest BCUT2D eigenvalue weighted by Gasteiger charge is 2.57. The average molecular weight is 730 g/mol. The number of nitrogens with zero attached hydrogens (tertiary/aromatic N) is 1. The molecule has 2 aromatic carbocycles. The van der Waals surface area contributed by atoms with Crippen LogP contribution in [-0.2, 0) is 17.3 Å². The van der Waals surface area contributed by atoms with Crippen molar-refractivity contribution in [1.82, 2.24) is 4.90 Å². The number of alkyl halides is 3. The third-order valence-electron chi connectivity index (χ3n) is 10.8. The first-order chi connectivity index (χ1) is 24.1. The molecule has 1 amide bonds. The van der Waals surface area contributed by atoms with Crippen LogP contribution in [0, 0.1) is 5.41 Å². The smallest absolute Gasteiger partial charge is 0.416 e. The van der Waals surface area contributed by atoms with Crippen LogP contribution in [0.5, 0.6) is 0 Å². The number of rotatable bonds is 8. The lowest BCUT2D eigenvalue weighted by atomic mass is 9.64. The van der Waals surface area contributed by atoms with Gasteiger partial charge in [0.25, 0.3) is 0 Å². The van der Waals surface area contributed by atoms with Gasteiger partial charge in [-0.15, -0.1) is 0 Å². The van der Waals surface area contributed by atoms with Gasteiger partial charge in [0.1, 0.15) is 5.76 Å². The van der Waals surface area contributed by atoms with E-state index in [1.54, 1.807) is 17.9 Å². The van der Waals surface area contributed by atoms with Crippen LogP contribution in [0.15, 0.2) is 64.6 Å². The number of carbonyl (C=O) groups excluding carboxylic acids is 2. The second-order valence-corrected chi connectivity index (χ2v) is 14.7. The topological polar surface area (TPSA) is 100 Å². The van der Waals surface area contributed by atoms with Crippen molar-refractivity contribution >= 4 is 23.5 Å². The Kier molecular flexibility index (Phi) is 11.8. The highest BCUT2D eigenvalue weighted by molar-refractivity contribution is 6.33. The molecular formula is C40H47ClF3NO6. The zero-order valence-electron chi connectivity index (χ0n) is 29.6. The van der Waals surface area contributed by atoms with Crippen molar-refractivity contribution in [3.63, 3.8) is 0 Å². The van der Waals surface area contributed by atoms with Gasteiger partial charge < -0.3 is 24.3 Å². The molecule has 276 valence electrons. The molecule has 4 unspecified atom stereocenters. The maximum atomic E-state index is 14.4. The molecule has 1 fully saturated rings. The summed E-state index contributed by atoms with van der Waals surface area (Å²) in [4.78, 5) is 29.0. The first-order valence-electron chi connectivity index (χ1n) is 17.7. The number of halogens is 4. The second-order valence-electron chi connectivity index (χ2n) is 14.3. The lowest BCUT2D eigenvalue weighted by Crippen LogP contribution is -2.54. The van der Waals surface area contributed by atoms with Crippen molar-refractivity contribution in [2.75, 3.05) is 19.7 Å². The summed E-state index contributed by atoms with van der Waals surface area (Å²) in [5.74, 6) is -0.851. The number of fused-ring (bicyclic) bond motifs is 8. The van der Waals surface area contributed by atoms with Gasteiger partial charge in [-0.2, -0.15) is 13.2 Å². The molecule has 2 bridgehead atoms. The molecule has 0 radical (unpaired) electrons. The molecule has 3 aromatic rings. The van der Waals surface area contributed by atoms with Crippen molar-refractivity contribution in [3.8, 4) is 11.3 Å². The number of benzene rings is 2. The third kappa shape index (κ3) is 8.23. The summed E-state index contributed by atoms with van der Waals surface area (Å²) in [6.45, 7) is 8.47. The van der Waals surface area contributed by atoms with Crippen LogP contribution < -0.4 is 0 Å². The van der Waals surface area contributed by atoms with Crippen LogP contribution in [0.1, 0.15) is 111 Å². The maximum absolute atomic E-state index is 14.4. The first kappa shape index (κ1) is 38.6. The molecule has 0 spiro atoms. The molecule has 1 aromatic heterocycles. The Bertz CT molecular complexity index is 1770. The Hall–Kier alpha value is -3.60. The van der Waals surface area contributed by atoms with E-state index < -0.39 is 40.7 Å². The number of aliphatic hydroxyl groups is 2. The molecule has 3 aliphatic carbocycles. The Balaban J connectivity index is 1.60. The molecular weight excluding hydrogens is 683 g/mol. The van der Waals surface area contributed by atoms with E-state index >= 15 is 0 Å². The van der Waals surface area contributed by atoms with E-state index in [2.05, 4.69) is 6.08 Å². The molecule has 1 heterocycles. The SMILES string of the molecule is CCCN(CC1(O)CCC2c3ccc(cc3C(=O)c3ccc(-c4cc(C(F)(F)F)ccc4Cl)o3)CC(O)CCC(C)=CCCC21C)C(=O)OCC. The third-order valence-corrected chi connectivity index (χ3v) is 11.1. The molecule has 6 rings (SSSR count). The van der Waals surface area contributed by atoms with Gasteiger partial charge in [-0.05, 0) is 119 Å². The summed E-state index contributed by atoms with van der Waals surface area (Å²) in [6, 6.07) is 11.3. The largest absolute Gasteiger partial charge is 0.453 e. The number of allylic oxidation sites excluding steroid dienone is 2. The number of hydrogen-bond donors (Lipinski definition) is 2. The number of ketones is 1. The molecule has 7 nitrogen and oxygen atoms in total.